The smallest absolute Gasteiger partial charge is 0.318 e. The lowest BCUT2D eigenvalue weighted by Crippen LogP contribution is -2.40. The van der Waals surface area contributed by atoms with E-state index in [0.29, 0.717) is 32.1 Å². The van der Waals surface area contributed by atoms with Crippen molar-refractivity contribution < 1.29 is 18.7 Å². The van der Waals surface area contributed by atoms with E-state index >= 15 is 0 Å². The number of rotatable bonds is 5. The molecule has 6 heteroatoms. The van der Waals surface area contributed by atoms with Gasteiger partial charge in [0.2, 0.25) is 0 Å². The molecule has 1 aliphatic heterocycles. The molecule has 0 bridgehead atoms. The van der Waals surface area contributed by atoms with Gasteiger partial charge in [0.15, 0.2) is 11.5 Å². The lowest BCUT2D eigenvalue weighted by atomic mass is 10.1. The quantitative estimate of drug-likeness (QED) is 0.882. The summed E-state index contributed by atoms with van der Waals surface area (Å²) >= 11 is 0. The Morgan fingerprint density at radius 1 is 1.19 bits per heavy atom. The molecule has 0 fully saturated rings. The predicted molar refractivity (Wildman–Crippen MR) is 96.9 cm³/mol. The fourth-order valence-corrected chi connectivity index (χ4v) is 2.87. The van der Waals surface area contributed by atoms with Crippen LogP contribution in [-0.4, -0.2) is 30.7 Å². The number of carbonyl (C=O) groups is 1. The fourth-order valence-electron chi connectivity index (χ4n) is 2.87. The van der Waals surface area contributed by atoms with Crippen LogP contribution in [0.5, 0.6) is 11.5 Å². The third-order valence-corrected chi connectivity index (χ3v) is 4.34. The van der Waals surface area contributed by atoms with Crippen LogP contribution < -0.4 is 14.8 Å². The van der Waals surface area contributed by atoms with Gasteiger partial charge in [-0.3, -0.25) is 0 Å². The first-order valence-corrected chi connectivity index (χ1v) is 8.76. The first kappa shape index (κ1) is 18.0. The second-order valence-electron chi connectivity index (χ2n) is 6.22. The number of hydrogen-bond acceptors (Lipinski definition) is 3. The highest BCUT2D eigenvalue weighted by Crippen LogP contribution is 2.32. The van der Waals surface area contributed by atoms with Crippen molar-refractivity contribution in [1.82, 2.24) is 10.2 Å². The van der Waals surface area contributed by atoms with E-state index in [9.17, 15) is 9.18 Å². The summed E-state index contributed by atoms with van der Waals surface area (Å²) in [4.78, 5) is 14.2. The highest BCUT2D eigenvalue weighted by molar-refractivity contribution is 5.74. The van der Waals surface area contributed by atoms with E-state index in [1.165, 1.54) is 12.1 Å². The summed E-state index contributed by atoms with van der Waals surface area (Å²) in [6.07, 6.45) is 0. The average molecular weight is 358 g/mol. The first-order valence-electron chi connectivity index (χ1n) is 8.76. The largest absolute Gasteiger partial charge is 0.486 e. The van der Waals surface area contributed by atoms with Crippen LogP contribution in [0.15, 0.2) is 42.5 Å². The second-order valence-corrected chi connectivity index (χ2v) is 6.22. The van der Waals surface area contributed by atoms with E-state index in [1.807, 2.05) is 38.1 Å². The number of urea groups is 1. The van der Waals surface area contributed by atoms with Gasteiger partial charge in [-0.2, -0.15) is 0 Å². The summed E-state index contributed by atoms with van der Waals surface area (Å²) in [5.41, 5.74) is 1.69. The summed E-state index contributed by atoms with van der Waals surface area (Å²) in [6, 6.07) is 11.6. The van der Waals surface area contributed by atoms with E-state index in [0.717, 1.165) is 16.9 Å². The SMILES string of the molecule is CCN(Cc1cccc(F)c1)C(=O)NC(C)c1ccc2c(c1)OCCO2. The van der Waals surface area contributed by atoms with Crippen LogP contribution in [-0.2, 0) is 6.54 Å². The molecule has 2 amide bonds. The first-order chi connectivity index (χ1) is 12.6. The van der Waals surface area contributed by atoms with Gasteiger partial charge in [-0.25, -0.2) is 9.18 Å². The molecule has 0 saturated heterocycles. The Morgan fingerprint density at radius 2 is 1.96 bits per heavy atom. The highest BCUT2D eigenvalue weighted by atomic mass is 19.1. The van der Waals surface area contributed by atoms with Crippen LogP contribution in [0.4, 0.5) is 9.18 Å². The Kier molecular flexibility index (Phi) is 5.61. The standard InChI is InChI=1S/C20H23FN2O3/c1-3-23(13-15-5-4-6-17(21)11-15)20(24)22-14(2)16-7-8-18-19(12-16)26-10-9-25-18/h4-8,11-12,14H,3,9-10,13H2,1-2H3,(H,22,24). The van der Waals surface area contributed by atoms with Crippen LogP contribution in [0.25, 0.3) is 0 Å². The minimum absolute atomic E-state index is 0.195. The van der Waals surface area contributed by atoms with Gasteiger partial charge >= 0.3 is 6.03 Å². The average Bonchev–Trinajstić information content (AvgIpc) is 2.65. The Balaban J connectivity index is 1.65. The zero-order valence-electron chi connectivity index (χ0n) is 15.0. The van der Waals surface area contributed by atoms with E-state index in [4.69, 9.17) is 9.47 Å². The predicted octanol–water partition coefficient (Wildman–Crippen LogP) is 3.89. The van der Waals surface area contributed by atoms with Gasteiger partial charge in [-0.15, -0.1) is 0 Å². The van der Waals surface area contributed by atoms with Crippen molar-refractivity contribution in [3.63, 3.8) is 0 Å². The minimum atomic E-state index is -0.302. The number of nitrogens with one attached hydrogen (secondary N) is 1. The highest BCUT2D eigenvalue weighted by Gasteiger charge is 2.18. The Hall–Kier alpha value is -2.76. The summed E-state index contributed by atoms with van der Waals surface area (Å²) in [5.74, 6) is 1.12. The molecule has 1 atom stereocenters. The monoisotopic (exact) mass is 358 g/mol. The number of benzene rings is 2. The molecule has 0 spiro atoms. The molecule has 1 unspecified atom stereocenters. The number of carbonyl (C=O) groups excluding carboxylic acids is 1. The normalized spacial score (nSPS) is 13.8. The number of amides is 2. The van der Waals surface area contributed by atoms with Gasteiger partial charge in [-0.05, 0) is 49.2 Å². The zero-order valence-corrected chi connectivity index (χ0v) is 15.0. The maximum absolute atomic E-state index is 13.4. The van der Waals surface area contributed by atoms with Gasteiger partial charge in [0.1, 0.15) is 19.0 Å². The Labute approximate surface area is 152 Å². The molecule has 2 aromatic carbocycles. The van der Waals surface area contributed by atoms with Crippen LogP contribution in [0.3, 0.4) is 0 Å². The Bertz CT molecular complexity index is 781. The lowest BCUT2D eigenvalue weighted by Gasteiger charge is -2.25. The molecule has 0 aliphatic carbocycles. The van der Waals surface area contributed by atoms with Crippen molar-refractivity contribution in [1.29, 1.82) is 0 Å². The van der Waals surface area contributed by atoms with E-state index in [1.54, 1.807) is 11.0 Å². The van der Waals surface area contributed by atoms with Crippen LogP contribution in [0.1, 0.15) is 31.0 Å². The number of fused-ring (bicyclic) bond motifs is 1. The van der Waals surface area contributed by atoms with E-state index in [-0.39, 0.29) is 17.9 Å². The molecule has 138 valence electrons. The van der Waals surface area contributed by atoms with Crippen molar-refractivity contribution in [3.05, 3.63) is 59.4 Å². The lowest BCUT2D eigenvalue weighted by molar-refractivity contribution is 0.171. The van der Waals surface area contributed by atoms with Crippen molar-refractivity contribution in [2.75, 3.05) is 19.8 Å². The molecule has 26 heavy (non-hydrogen) atoms. The molecule has 1 aliphatic rings. The molecule has 2 aromatic rings. The fraction of sp³-hybridized carbons (Fsp3) is 0.350. The minimum Gasteiger partial charge on any atom is -0.486 e. The number of ether oxygens (including phenoxy) is 2. The molecule has 0 radical (unpaired) electrons. The number of hydrogen-bond donors (Lipinski definition) is 1. The topological polar surface area (TPSA) is 50.8 Å². The van der Waals surface area contributed by atoms with E-state index in [2.05, 4.69) is 5.32 Å². The molecule has 1 N–H and O–H groups in total. The van der Waals surface area contributed by atoms with Crippen molar-refractivity contribution >= 4 is 6.03 Å². The van der Waals surface area contributed by atoms with Gasteiger partial charge < -0.3 is 19.7 Å². The summed E-state index contributed by atoms with van der Waals surface area (Å²) < 4.78 is 24.5. The maximum Gasteiger partial charge on any atom is 0.318 e. The summed E-state index contributed by atoms with van der Waals surface area (Å²) in [7, 11) is 0. The molecule has 0 aromatic heterocycles. The van der Waals surface area contributed by atoms with Crippen LogP contribution in [0, 0.1) is 5.82 Å². The van der Waals surface area contributed by atoms with Crippen LogP contribution >= 0.6 is 0 Å². The molecular weight excluding hydrogens is 335 g/mol. The summed E-state index contributed by atoms with van der Waals surface area (Å²) in [5, 5.41) is 2.99. The van der Waals surface area contributed by atoms with Crippen LogP contribution in [0.2, 0.25) is 0 Å². The number of nitrogens with zero attached hydrogens (tertiary/aromatic N) is 1. The molecule has 5 nitrogen and oxygen atoms in total. The molecule has 3 rings (SSSR count). The third-order valence-electron chi connectivity index (χ3n) is 4.34. The van der Waals surface area contributed by atoms with Gasteiger partial charge in [0.05, 0.1) is 6.04 Å². The third kappa shape index (κ3) is 4.25. The summed E-state index contributed by atoms with van der Waals surface area (Å²) in [6.45, 7) is 5.76. The van der Waals surface area contributed by atoms with Gasteiger partial charge in [-0.1, -0.05) is 18.2 Å². The molecule has 1 heterocycles. The Morgan fingerprint density at radius 3 is 2.69 bits per heavy atom. The van der Waals surface area contributed by atoms with E-state index < -0.39 is 0 Å². The maximum atomic E-state index is 13.4. The number of halogens is 1. The van der Waals surface area contributed by atoms with Gasteiger partial charge in [0.25, 0.3) is 0 Å². The zero-order chi connectivity index (χ0) is 18.5. The molecule has 0 saturated carbocycles. The van der Waals surface area contributed by atoms with Crippen molar-refractivity contribution in [2.24, 2.45) is 0 Å². The molecular formula is C20H23FN2O3. The van der Waals surface area contributed by atoms with Gasteiger partial charge in [0, 0.05) is 13.1 Å². The second kappa shape index (κ2) is 8.08. The van der Waals surface area contributed by atoms with Crippen molar-refractivity contribution in [3.8, 4) is 11.5 Å². The van der Waals surface area contributed by atoms with Crippen molar-refractivity contribution in [2.45, 2.75) is 26.4 Å².